The molecule has 1 fully saturated rings. The molecule has 122 valence electrons. The van der Waals surface area contributed by atoms with Crippen molar-refractivity contribution in [2.45, 2.75) is 30.7 Å². The predicted octanol–water partition coefficient (Wildman–Crippen LogP) is -2.32. The molecule has 0 bridgehead atoms. The molecule has 11 nitrogen and oxygen atoms in total. The Hall–Kier alpha value is -2.69. The van der Waals surface area contributed by atoms with Gasteiger partial charge in [0.1, 0.15) is 0 Å². The van der Waals surface area contributed by atoms with Crippen molar-refractivity contribution in [1.82, 2.24) is 0 Å². The lowest BCUT2D eigenvalue weighted by Crippen LogP contribution is -2.62. The monoisotopic (exact) mass is 320 g/mol. The van der Waals surface area contributed by atoms with Gasteiger partial charge >= 0.3 is 5.97 Å². The van der Waals surface area contributed by atoms with E-state index in [0.29, 0.717) is 0 Å². The summed E-state index contributed by atoms with van der Waals surface area (Å²) in [7, 11) is 1.03. The molecule has 22 heavy (non-hydrogen) atoms. The molecule has 0 aromatic heterocycles. The number of hydrogen-bond donors (Lipinski definition) is 0. The van der Waals surface area contributed by atoms with Gasteiger partial charge in [0.15, 0.2) is 18.3 Å². The molecule has 1 rings (SSSR count). The number of rotatable bonds is 9. The van der Waals surface area contributed by atoms with Crippen LogP contribution in [0.2, 0.25) is 0 Å². The minimum Gasteiger partial charge on any atom is -0.467 e. The molecule has 0 aliphatic carbocycles. The zero-order chi connectivity index (χ0) is 16.5. The topological polar surface area (TPSA) is 141 Å². The third-order valence-corrected chi connectivity index (χ3v) is 2.76. The van der Waals surface area contributed by atoms with Crippen LogP contribution in [0.15, 0.2) is 0 Å². The summed E-state index contributed by atoms with van der Waals surface area (Å²) in [5.74, 6) is -0.990. The van der Waals surface area contributed by atoms with Crippen LogP contribution in [0.5, 0.6) is 0 Å². The third kappa shape index (κ3) is 3.69. The summed E-state index contributed by atoms with van der Waals surface area (Å²) in [5.41, 5.74) is 0. The van der Waals surface area contributed by atoms with Crippen molar-refractivity contribution in [2.24, 2.45) is 0 Å². The number of esters is 1. The molecule has 0 aromatic rings. The van der Waals surface area contributed by atoms with E-state index in [1.807, 2.05) is 0 Å². The highest BCUT2D eigenvalue weighted by Gasteiger charge is 2.54. The van der Waals surface area contributed by atoms with Gasteiger partial charge < -0.3 is 28.4 Å². The highest BCUT2D eigenvalue weighted by molar-refractivity contribution is 5.76. The van der Waals surface area contributed by atoms with Gasteiger partial charge in [0.2, 0.25) is 12.4 Å². The Morgan fingerprint density at radius 1 is 0.818 bits per heavy atom. The smallest absolute Gasteiger partial charge is 0.339 e. The van der Waals surface area contributed by atoms with Crippen molar-refractivity contribution >= 4 is 31.9 Å². The molecule has 11 heteroatoms. The van der Waals surface area contributed by atoms with Gasteiger partial charge in [-0.15, -0.1) is 0 Å². The molecule has 5 atom stereocenters. The molecule has 1 aliphatic heterocycles. The van der Waals surface area contributed by atoms with E-state index in [0.717, 1.165) is 7.11 Å². The lowest BCUT2D eigenvalue weighted by Gasteiger charge is -2.41. The van der Waals surface area contributed by atoms with Crippen LogP contribution >= 0.6 is 0 Å². The van der Waals surface area contributed by atoms with Gasteiger partial charge in [0, 0.05) is 0 Å². The van der Waals surface area contributed by atoms with Gasteiger partial charge in [-0.25, -0.2) is 4.79 Å². The number of methoxy groups -OCH3 is 1. The Labute approximate surface area is 123 Å². The zero-order valence-electron chi connectivity index (χ0n) is 11.2. The second-order valence-electron chi connectivity index (χ2n) is 3.77. The Morgan fingerprint density at radius 3 is 1.82 bits per heavy atom. The van der Waals surface area contributed by atoms with Crippen LogP contribution in [0, 0.1) is 0 Å². The summed E-state index contributed by atoms with van der Waals surface area (Å²) >= 11 is 0. The first-order valence-electron chi connectivity index (χ1n) is 5.74. The van der Waals surface area contributed by atoms with E-state index < -0.39 is 36.7 Å². The zero-order valence-corrected chi connectivity index (χ0v) is 11.2. The lowest BCUT2D eigenvalue weighted by atomic mass is 9.98. The van der Waals surface area contributed by atoms with E-state index in [4.69, 9.17) is 4.74 Å². The molecule has 0 saturated carbocycles. The average Bonchev–Trinajstić information content (AvgIpc) is 2.52. The van der Waals surface area contributed by atoms with Crippen LogP contribution in [-0.4, -0.2) is 69.7 Å². The summed E-state index contributed by atoms with van der Waals surface area (Å²) in [5, 5.41) is 0. The summed E-state index contributed by atoms with van der Waals surface area (Å²) in [6.45, 7) is -0.0968. The van der Waals surface area contributed by atoms with Crippen molar-refractivity contribution in [2.75, 3.05) is 7.11 Å². The maximum Gasteiger partial charge on any atom is 0.339 e. The second-order valence-corrected chi connectivity index (χ2v) is 3.77. The van der Waals surface area contributed by atoms with Crippen LogP contribution in [0.3, 0.4) is 0 Å². The number of ether oxygens (including phenoxy) is 6. The predicted molar refractivity (Wildman–Crippen MR) is 60.6 cm³/mol. The van der Waals surface area contributed by atoms with Gasteiger partial charge in [0.05, 0.1) is 7.11 Å². The fraction of sp³-hybridized carbons (Fsp3) is 0.545. The summed E-state index contributed by atoms with van der Waals surface area (Å²) < 4.78 is 28.1. The van der Waals surface area contributed by atoms with Crippen LogP contribution in [0.4, 0.5) is 0 Å². The Kier molecular flexibility index (Phi) is 6.76. The lowest BCUT2D eigenvalue weighted by molar-refractivity contribution is -0.286. The maximum atomic E-state index is 11.7. The fourth-order valence-corrected chi connectivity index (χ4v) is 1.92. The quantitative estimate of drug-likeness (QED) is 0.257. The van der Waals surface area contributed by atoms with Gasteiger partial charge in [-0.05, 0) is 0 Å². The third-order valence-electron chi connectivity index (χ3n) is 2.76. The number of hydrogen-bond acceptors (Lipinski definition) is 11. The molecule has 1 aliphatic rings. The van der Waals surface area contributed by atoms with Crippen LogP contribution in [0.25, 0.3) is 0 Å². The average molecular weight is 320 g/mol. The SMILES string of the molecule is COC(=O)[C@H]1O[C@@H](OC=O)[C@H](OC=O)[C@@H](OC=O)[C@@H]1OC=O. The van der Waals surface area contributed by atoms with Gasteiger partial charge in [0.25, 0.3) is 25.9 Å². The second kappa shape index (κ2) is 8.56. The minimum atomic E-state index is -1.58. The molecule has 1 heterocycles. The first-order valence-corrected chi connectivity index (χ1v) is 5.74. The molecule has 0 aromatic carbocycles. The van der Waals surface area contributed by atoms with Crippen molar-refractivity contribution < 1.29 is 52.4 Å². The van der Waals surface area contributed by atoms with Crippen LogP contribution in [0.1, 0.15) is 0 Å². The summed E-state index contributed by atoms with van der Waals surface area (Å²) in [4.78, 5) is 53.9. The van der Waals surface area contributed by atoms with Gasteiger partial charge in [-0.2, -0.15) is 0 Å². The van der Waals surface area contributed by atoms with Crippen LogP contribution in [-0.2, 0) is 52.4 Å². The van der Waals surface area contributed by atoms with E-state index in [1.165, 1.54) is 0 Å². The van der Waals surface area contributed by atoms with Crippen molar-refractivity contribution in [3.8, 4) is 0 Å². The highest BCUT2D eigenvalue weighted by atomic mass is 16.7. The van der Waals surface area contributed by atoms with Gasteiger partial charge in [-0.3, -0.25) is 19.2 Å². The molecule has 0 N–H and O–H groups in total. The Balaban J connectivity index is 3.18. The minimum absolute atomic E-state index is 0.0210. The molecular formula is C11H12O11. The normalized spacial score (nSPS) is 30.3. The van der Waals surface area contributed by atoms with E-state index in [9.17, 15) is 24.0 Å². The van der Waals surface area contributed by atoms with E-state index in [2.05, 4.69) is 23.7 Å². The van der Waals surface area contributed by atoms with Crippen molar-refractivity contribution in [1.29, 1.82) is 0 Å². The molecular weight excluding hydrogens is 308 g/mol. The van der Waals surface area contributed by atoms with E-state index in [-0.39, 0.29) is 25.9 Å². The largest absolute Gasteiger partial charge is 0.467 e. The van der Waals surface area contributed by atoms with E-state index in [1.54, 1.807) is 0 Å². The van der Waals surface area contributed by atoms with Crippen molar-refractivity contribution in [3.05, 3.63) is 0 Å². The molecule has 0 spiro atoms. The summed E-state index contributed by atoms with van der Waals surface area (Å²) in [6.07, 6.45) is -7.55. The first-order chi connectivity index (χ1) is 10.6. The summed E-state index contributed by atoms with van der Waals surface area (Å²) in [6, 6.07) is 0. The Morgan fingerprint density at radius 2 is 1.32 bits per heavy atom. The number of carbonyl (C=O) groups is 5. The van der Waals surface area contributed by atoms with Crippen LogP contribution < -0.4 is 0 Å². The Bertz CT molecular complexity index is 422. The standard InChI is InChI=1S/C11H12O11/c1-17-10(16)8-6(18-2-12)7(19-3-13)9(20-4-14)11(22-8)21-5-15/h2-9,11H,1H3/t6-,7-,8-,9+,11+/m0/s1. The molecule has 0 amide bonds. The highest BCUT2D eigenvalue weighted by Crippen LogP contribution is 2.28. The van der Waals surface area contributed by atoms with Gasteiger partial charge in [-0.1, -0.05) is 0 Å². The van der Waals surface area contributed by atoms with Crippen molar-refractivity contribution in [3.63, 3.8) is 0 Å². The number of carbonyl (C=O) groups excluding carboxylic acids is 5. The molecule has 1 saturated heterocycles. The first kappa shape index (κ1) is 17.4. The maximum absolute atomic E-state index is 11.7. The molecule has 0 radical (unpaired) electrons. The van der Waals surface area contributed by atoms with E-state index >= 15 is 0 Å². The fourth-order valence-electron chi connectivity index (χ4n) is 1.92. The molecule has 0 unspecified atom stereocenters.